The average Bonchev–Trinajstić information content (AvgIpc) is 2.91. The molecular formula is C28H38O19. The molecule has 47 heavy (non-hydrogen) atoms. The van der Waals surface area contributed by atoms with E-state index in [1.165, 1.54) is 0 Å². The molecule has 2 heterocycles. The van der Waals surface area contributed by atoms with E-state index in [0.29, 0.717) is 0 Å². The van der Waals surface area contributed by atoms with Crippen LogP contribution in [0.5, 0.6) is 0 Å². The van der Waals surface area contributed by atoms with Crippen LogP contribution in [-0.2, 0) is 90.5 Å². The lowest BCUT2D eigenvalue weighted by molar-refractivity contribution is -0.331. The number of carbonyl (C=O) groups excluding carboxylic acids is 8. The summed E-state index contributed by atoms with van der Waals surface area (Å²) in [5, 5.41) is 0. The highest BCUT2D eigenvalue weighted by Gasteiger charge is 2.56. The van der Waals surface area contributed by atoms with Crippen molar-refractivity contribution in [3.63, 3.8) is 0 Å². The molecule has 19 heteroatoms. The molecule has 0 bridgehead atoms. The molecule has 0 amide bonds. The highest BCUT2D eigenvalue weighted by molar-refractivity contribution is 5.70. The first kappa shape index (κ1) is 38.8. The van der Waals surface area contributed by atoms with Crippen LogP contribution in [0.3, 0.4) is 0 Å². The quantitative estimate of drug-likeness (QED) is 0.181. The largest absolute Gasteiger partial charge is 0.463 e. The Morgan fingerprint density at radius 3 is 1.09 bits per heavy atom. The number of esters is 8. The number of hydrogen-bond acceptors (Lipinski definition) is 19. The zero-order valence-electron chi connectivity index (χ0n) is 26.9. The Kier molecular flexibility index (Phi) is 14.5. The predicted molar refractivity (Wildman–Crippen MR) is 145 cm³/mol. The first-order valence-electron chi connectivity index (χ1n) is 14.2. The van der Waals surface area contributed by atoms with Crippen molar-refractivity contribution in [2.24, 2.45) is 0 Å². The van der Waals surface area contributed by atoms with Crippen molar-refractivity contribution in [2.45, 2.75) is 117 Å². The summed E-state index contributed by atoms with van der Waals surface area (Å²) in [6, 6.07) is 0. The molecule has 2 aliphatic heterocycles. The molecule has 0 N–H and O–H groups in total. The zero-order valence-corrected chi connectivity index (χ0v) is 26.9. The second-order valence-corrected chi connectivity index (χ2v) is 10.3. The van der Waals surface area contributed by atoms with Crippen molar-refractivity contribution in [2.75, 3.05) is 13.2 Å². The average molecular weight is 679 g/mol. The van der Waals surface area contributed by atoms with Gasteiger partial charge in [-0.05, 0) is 0 Å². The Hall–Kier alpha value is -4.36. The van der Waals surface area contributed by atoms with E-state index in [9.17, 15) is 38.4 Å². The molecule has 0 radical (unpaired) electrons. The molecule has 0 aromatic rings. The molecule has 2 aliphatic rings. The minimum absolute atomic E-state index is 0.541. The number of hydrogen-bond donors (Lipinski definition) is 0. The van der Waals surface area contributed by atoms with Crippen molar-refractivity contribution in [3.8, 4) is 0 Å². The second kappa shape index (κ2) is 17.5. The van der Waals surface area contributed by atoms with E-state index < -0.39 is 122 Å². The first-order valence-corrected chi connectivity index (χ1v) is 14.2. The van der Waals surface area contributed by atoms with Crippen molar-refractivity contribution in [1.29, 1.82) is 0 Å². The molecule has 0 aliphatic carbocycles. The summed E-state index contributed by atoms with van der Waals surface area (Å²) in [6.45, 7) is 7.09. The lowest BCUT2D eigenvalue weighted by atomic mass is 9.97. The van der Waals surface area contributed by atoms with Crippen LogP contribution in [-0.4, -0.2) is 122 Å². The summed E-state index contributed by atoms with van der Waals surface area (Å²) in [7, 11) is 0. The maximum atomic E-state index is 12.1. The molecule has 0 aromatic heterocycles. The summed E-state index contributed by atoms with van der Waals surface area (Å²) in [5.41, 5.74) is 0. The smallest absolute Gasteiger partial charge is 0.305 e. The van der Waals surface area contributed by atoms with Gasteiger partial charge >= 0.3 is 47.8 Å². The van der Waals surface area contributed by atoms with Crippen LogP contribution in [0.4, 0.5) is 0 Å². The molecule has 2 fully saturated rings. The van der Waals surface area contributed by atoms with E-state index in [1.54, 1.807) is 0 Å². The van der Waals surface area contributed by atoms with Gasteiger partial charge in [-0.25, -0.2) is 0 Å². The van der Waals surface area contributed by atoms with Crippen LogP contribution < -0.4 is 0 Å². The van der Waals surface area contributed by atoms with E-state index in [4.69, 9.17) is 52.1 Å². The number of ether oxygens (including phenoxy) is 11. The number of carbonyl (C=O) groups is 8. The minimum Gasteiger partial charge on any atom is -0.463 e. The van der Waals surface area contributed by atoms with Gasteiger partial charge in [-0.2, -0.15) is 0 Å². The van der Waals surface area contributed by atoms with Crippen molar-refractivity contribution < 1.29 is 90.5 Å². The Morgan fingerprint density at radius 1 is 0.383 bits per heavy atom. The SMILES string of the molecule is CC(=O)OC[C@H]1O[C@@H](OC[C@H]2O[C@@H](OC(C)=O)[C@H](OC(C)=O)[C@@H](OC(C)=O)[C@@H]2OC(C)=O)[C@@H](OC(C)=O)[C@@H](OC(C)=O)[C@@H]1OC(C)=O. The standard InChI is InChI=1S/C28H38O19/c1-11(29)37-9-19-21(39-12(2)30)23(41-14(4)32)25(43-16(6)34)27(46-19)38-10-20-22(40-13(3)31)24(42-15(5)33)26(44-17(7)35)28(47-20)45-18(8)36/h19-28H,9-10H2,1-8H3/t19-,20-,21-,22-,23+,24+,25+,26-,27-,28-/m1/s1. The van der Waals surface area contributed by atoms with E-state index in [-0.39, 0.29) is 0 Å². The maximum Gasteiger partial charge on any atom is 0.305 e. The monoisotopic (exact) mass is 678 g/mol. The Morgan fingerprint density at radius 2 is 0.702 bits per heavy atom. The first-order chi connectivity index (χ1) is 21.9. The van der Waals surface area contributed by atoms with Crippen LogP contribution >= 0.6 is 0 Å². The molecule has 0 unspecified atom stereocenters. The third-order valence-electron chi connectivity index (χ3n) is 6.15. The van der Waals surface area contributed by atoms with E-state index in [0.717, 1.165) is 55.4 Å². The third kappa shape index (κ3) is 12.1. The van der Waals surface area contributed by atoms with Crippen LogP contribution in [0.15, 0.2) is 0 Å². The molecule has 0 spiro atoms. The summed E-state index contributed by atoms with van der Waals surface area (Å²) < 4.78 is 59.8. The Labute approximate surface area is 268 Å². The summed E-state index contributed by atoms with van der Waals surface area (Å²) in [4.78, 5) is 95.9. The maximum absolute atomic E-state index is 12.1. The Balaban J connectivity index is 2.56. The van der Waals surface area contributed by atoms with Crippen LogP contribution in [0.25, 0.3) is 0 Å². The highest BCUT2D eigenvalue weighted by Crippen LogP contribution is 2.33. The van der Waals surface area contributed by atoms with Crippen molar-refractivity contribution in [1.82, 2.24) is 0 Å². The molecule has 2 rings (SSSR count). The van der Waals surface area contributed by atoms with Gasteiger partial charge in [0.2, 0.25) is 12.4 Å². The van der Waals surface area contributed by atoms with Crippen LogP contribution in [0.2, 0.25) is 0 Å². The third-order valence-corrected chi connectivity index (χ3v) is 6.15. The van der Waals surface area contributed by atoms with Crippen LogP contribution in [0, 0.1) is 0 Å². The van der Waals surface area contributed by atoms with Gasteiger partial charge in [0, 0.05) is 55.4 Å². The summed E-state index contributed by atoms with van der Waals surface area (Å²) >= 11 is 0. The molecule has 264 valence electrons. The fraction of sp³-hybridized carbons (Fsp3) is 0.714. The van der Waals surface area contributed by atoms with Crippen molar-refractivity contribution >= 4 is 47.8 Å². The predicted octanol–water partition coefficient (Wildman–Crippen LogP) is -0.831. The molecule has 2 saturated heterocycles. The van der Waals surface area contributed by atoms with Gasteiger partial charge in [-0.1, -0.05) is 0 Å². The fourth-order valence-electron chi connectivity index (χ4n) is 4.76. The lowest BCUT2D eigenvalue weighted by Crippen LogP contribution is -2.65. The van der Waals surface area contributed by atoms with Gasteiger partial charge in [-0.15, -0.1) is 0 Å². The fourth-order valence-corrected chi connectivity index (χ4v) is 4.76. The van der Waals surface area contributed by atoms with Crippen LogP contribution in [0.1, 0.15) is 55.4 Å². The molecular weight excluding hydrogens is 640 g/mol. The molecule has 0 aromatic carbocycles. The van der Waals surface area contributed by atoms with Gasteiger partial charge < -0.3 is 52.1 Å². The van der Waals surface area contributed by atoms with Gasteiger partial charge in [0.05, 0.1) is 6.61 Å². The molecule has 0 saturated carbocycles. The van der Waals surface area contributed by atoms with Gasteiger partial charge in [0.1, 0.15) is 18.8 Å². The Bertz CT molecular complexity index is 1200. The normalized spacial score (nSPS) is 30.0. The minimum atomic E-state index is -1.71. The topological polar surface area (TPSA) is 238 Å². The van der Waals surface area contributed by atoms with Gasteiger partial charge in [0.15, 0.2) is 36.8 Å². The van der Waals surface area contributed by atoms with E-state index in [2.05, 4.69) is 0 Å². The summed E-state index contributed by atoms with van der Waals surface area (Å²) in [5.74, 6) is -6.93. The zero-order chi connectivity index (χ0) is 35.6. The lowest BCUT2D eigenvalue weighted by Gasteiger charge is -2.46. The van der Waals surface area contributed by atoms with Crippen molar-refractivity contribution in [3.05, 3.63) is 0 Å². The summed E-state index contributed by atoms with van der Waals surface area (Å²) in [6.07, 6.45) is -15.6. The van der Waals surface area contributed by atoms with Gasteiger partial charge in [-0.3, -0.25) is 38.4 Å². The molecule has 19 nitrogen and oxygen atoms in total. The van der Waals surface area contributed by atoms with E-state index >= 15 is 0 Å². The second-order valence-electron chi connectivity index (χ2n) is 10.3. The van der Waals surface area contributed by atoms with Gasteiger partial charge in [0.25, 0.3) is 0 Å². The van der Waals surface area contributed by atoms with E-state index in [1.807, 2.05) is 0 Å². The highest BCUT2D eigenvalue weighted by atomic mass is 16.8. The number of rotatable bonds is 12. The molecule has 10 atom stereocenters.